The van der Waals surface area contributed by atoms with Gasteiger partial charge in [-0.2, -0.15) is 0 Å². The second-order valence-corrected chi connectivity index (χ2v) is 6.71. The van der Waals surface area contributed by atoms with E-state index < -0.39 is 5.41 Å². The van der Waals surface area contributed by atoms with E-state index in [1.54, 1.807) is 0 Å². The highest BCUT2D eigenvalue weighted by molar-refractivity contribution is 5.99. The van der Waals surface area contributed by atoms with E-state index in [0.29, 0.717) is 6.04 Å². The van der Waals surface area contributed by atoms with Crippen LogP contribution in [0.3, 0.4) is 0 Å². The number of hydrogen-bond donors (Lipinski definition) is 1. The lowest BCUT2D eigenvalue weighted by Crippen LogP contribution is -2.42. The van der Waals surface area contributed by atoms with Crippen molar-refractivity contribution >= 4 is 5.91 Å². The molecule has 1 aliphatic carbocycles. The highest BCUT2D eigenvalue weighted by Gasteiger charge is 2.47. The standard InChI is InChI=1S/C20H24N2O/c1-14(22(2)3)12-13-20(19(21)23)17-10-6-4-8-15(17)16-9-5-7-11-18(16)20/h4-11,14H,12-13H2,1-3H3,(H2,21,23). The Morgan fingerprint density at radius 3 is 1.96 bits per heavy atom. The molecule has 23 heavy (non-hydrogen) atoms. The van der Waals surface area contributed by atoms with E-state index in [1.807, 2.05) is 24.3 Å². The average molecular weight is 308 g/mol. The van der Waals surface area contributed by atoms with E-state index in [2.05, 4.69) is 50.2 Å². The number of carbonyl (C=O) groups is 1. The molecule has 3 heteroatoms. The molecule has 1 atom stereocenters. The summed E-state index contributed by atoms with van der Waals surface area (Å²) in [7, 11) is 4.14. The number of primary amides is 1. The molecule has 3 nitrogen and oxygen atoms in total. The number of amides is 1. The Balaban J connectivity index is 2.14. The summed E-state index contributed by atoms with van der Waals surface area (Å²) in [4.78, 5) is 14.8. The first-order chi connectivity index (χ1) is 11.0. The maximum absolute atomic E-state index is 12.6. The quantitative estimate of drug-likeness (QED) is 0.922. The highest BCUT2D eigenvalue weighted by Crippen LogP contribution is 2.51. The van der Waals surface area contributed by atoms with Crippen molar-refractivity contribution < 1.29 is 4.79 Å². The van der Waals surface area contributed by atoms with E-state index in [-0.39, 0.29) is 5.91 Å². The molecule has 0 saturated heterocycles. The van der Waals surface area contributed by atoms with Gasteiger partial charge in [0.2, 0.25) is 5.91 Å². The Labute approximate surface area is 138 Å². The number of nitrogens with two attached hydrogens (primary N) is 1. The topological polar surface area (TPSA) is 46.3 Å². The Morgan fingerprint density at radius 2 is 1.52 bits per heavy atom. The summed E-state index contributed by atoms with van der Waals surface area (Å²) < 4.78 is 0. The van der Waals surface area contributed by atoms with Gasteiger partial charge in [0.15, 0.2) is 0 Å². The van der Waals surface area contributed by atoms with Crippen molar-refractivity contribution in [2.75, 3.05) is 14.1 Å². The largest absolute Gasteiger partial charge is 0.369 e. The smallest absolute Gasteiger partial charge is 0.232 e. The molecule has 120 valence electrons. The maximum Gasteiger partial charge on any atom is 0.232 e. The predicted molar refractivity (Wildman–Crippen MR) is 94.2 cm³/mol. The van der Waals surface area contributed by atoms with Gasteiger partial charge in [-0.25, -0.2) is 0 Å². The number of fused-ring (bicyclic) bond motifs is 3. The zero-order valence-corrected chi connectivity index (χ0v) is 14.0. The molecule has 0 bridgehead atoms. The van der Waals surface area contributed by atoms with Crippen molar-refractivity contribution in [3.05, 3.63) is 59.7 Å². The fourth-order valence-electron chi connectivity index (χ4n) is 3.67. The molecule has 0 aliphatic heterocycles. The number of nitrogens with zero attached hydrogens (tertiary/aromatic N) is 1. The van der Waals surface area contributed by atoms with Crippen LogP contribution in [0, 0.1) is 0 Å². The molecule has 0 radical (unpaired) electrons. The summed E-state index contributed by atoms with van der Waals surface area (Å²) in [6.45, 7) is 2.18. The van der Waals surface area contributed by atoms with Gasteiger partial charge in [-0.05, 0) is 56.1 Å². The van der Waals surface area contributed by atoms with Gasteiger partial charge in [0.25, 0.3) is 0 Å². The summed E-state index contributed by atoms with van der Waals surface area (Å²) in [6.07, 6.45) is 1.65. The predicted octanol–water partition coefficient (Wildman–Crippen LogP) is 3.17. The second-order valence-electron chi connectivity index (χ2n) is 6.71. The molecular formula is C20H24N2O. The molecule has 2 aromatic carbocycles. The lowest BCUT2D eigenvalue weighted by Gasteiger charge is -2.31. The van der Waals surface area contributed by atoms with E-state index in [4.69, 9.17) is 5.73 Å². The third-order valence-electron chi connectivity index (χ3n) is 5.30. The van der Waals surface area contributed by atoms with Crippen LogP contribution >= 0.6 is 0 Å². The second kappa shape index (κ2) is 5.82. The van der Waals surface area contributed by atoms with Gasteiger partial charge in [0.05, 0.1) is 5.41 Å². The Hall–Kier alpha value is -2.13. The van der Waals surface area contributed by atoms with E-state index >= 15 is 0 Å². The molecular weight excluding hydrogens is 284 g/mol. The zero-order chi connectivity index (χ0) is 16.6. The normalized spacial score (nSPS) is 16.0. The van der Waals surface area contributed by atoms with Crippen molar-refractivity contribution in [3.63, 3.8) is 0 Å². The highest BCUT2D eigenvalue weighted by atomic mass is 16.1. The van der Waals surface area contributed by atoms with Crippen LogP contribution in [0.1, 0.15) is 30.9 Å². The minimum Gasteiger partial charge on any atom is -0.369 e. The molecule has 0 aromatic heterocycles. The molecule has 2 N–H and O–H groups in total. The van der Waals surface area contributed by atoms with Crippen LogP contribution in [0.15, 0.2) is 48.5 Å². The fourth-order valence-corrected chi connectivity index (χ4v) is 3.67. The van der Waals surface area contributed by atoms with Crippen molar-refractivity contribution in [3.8, 4) is 11.1 Å². The first kappa shape index (κ1) is 15.8. The van der Waals surface area contributed by atoms with Gasteiger partial charge >= 0.3 is 0 Å². The maximum atomic E-state index is 12.6. The first-order valence-corrected chi connectivity index (χ1v) is 8.14. The molecule has 0 fully saturated rings. The Bertz CT molecular complexity index is 690. The van der Waals surface area contributed by atoms with Crippen LogP contribution in [0.25, 0.3) is 11.1 Å². The minimum absolute atomic E-state index is 0.249. The van der Waals surface area contributed by atoms with Crippen LogP contribution < -0.4 is 5.73 Å². The molecule has 1 aliphatic rings. The van der Waals surface area contributed by atoms with E-state index in [1.165, 1.54) is 0 Å². The number of carbonyl (C=O) groups excluding carboxylic acids is 1. The number of benzene rings is 2. The Morgan fingerprint density at radius 1 is 1.04 bits per heavy atom. The van der Waals surface area contributed by atoms with Crippen molar-refractivity contribution in [2.45, 2.75) is 31.2 Å². The third-order valence-corrected chi connectivity index (χ3v) is 5.30. The molecule has 0 saturated carbocycles. The van der Waals surface area contributed by atoms with Gasteiger partial charge in [0.1, 0.15) is 0 Å². The summed E-state index contributed by atoms with van der Waals surface area (Å²) in [5.74, 6) is -0.249. The number of hydrogen-bond acceptors (Lipinski definition) is 2. The van der Waals surface area contributed by atoms with Crippen molar-refractivity contribution in [2.24, 2.45) is 5.73 Å². The van der Waals surface area contributed by atoms with Gasteiger partial charge in [-0.1, -0.05) is 48.5 Å². The lowest BCUT2D eigenvalue weighted by molar-refractivity contribution is -0.122. The van der Waals surface area contributed by atoms with Gasteiger partial charge < -0.3 is 10.6 Å². The van der Waals surface area contributed by atoms with E-state index in [0.717, 1.165) is 35.1 Å². The van der Waals surface area contributed by atoms with Crippen LogP contribution in [-0.2, 0) is 10.2 Å². The summed E-state index contributed by atoms with van der Waals surface area (Å²) >= 11 is 0. The number of rotatable bonds is 5. The summed E-state index contributed by atoms with van der Waals surface area (Å²) in [5, 5.41) is 0. The summed E-state index contributed by atoms with van der Waals surface area (Å²) in [6, 6.07) is 16.7. The van der Waals surface area contributed by atoms with Crippen LogP contribution in [0.2, 0.25) is 0 Å². The van der Waals surface area contributed by atoms with Crippen LogP contribution in [0.4, 0.5) is 0 Å². The van der Waals surface area contributed by atoms with E-state index in [9.17, 15) is 4.79 Å². The summed E-state index contributed by atoms with van der Waals surface area (Å²) in [5.41, 5.74) is 9.65. The SMILES string of the molecule is CC(CCC1(C(N)=O)c2ccccc2-c2ccccc21)N(C)C. The molecule has 1 amide bonds. The van der Waals surface area contributed by atoms with Crippen molar-refractivity contribution in [1.29, 1.82) is 0 Å². The van der Waals surface area contributed by atoms with Gasteiger partial charge in [-0.15, -0.1) is 0 Å². The molecule has 0 heterocycles. The molecule has 3 rings (SSSR count). The first-order valence-electron chi connectivity index (χ1n) is 8.14. The minimum atomic E-state index is -0.711. The van der Waals surface area contributed by atoms with Crippen LogP contribution in [0.5, 0.6) is 0 Å². The lowest BCUT2D eigenvalue weighted by atomic mass is 9.73. The fraction of sp³-hybridized carbons (Fsp3) is 0.350. The molecule has 1 unspecified atom stereocenters. The van der Waals surface area contributed by atoms with Gasteiger partial charge in [-0.3, -0.25) is 4.79 Å². The molecule has 2 aromatic rings. The van der Waals surface area contributed by atoms with Crippen LogP contribution in [-0.4, -0.2) is 30.9 Å². The Kier molecular flexibility index (Phi) is 3.99. The van der Waals surface area contributed by atoms with Crippen molar-refractivity contribution in [1.82, 2.24) is 4.90 Å². The third kappa shape index (κ3) is 2.36. The zero-order valence-electron chi connectivity index (χ0n) is 14.0. The average Bonchev–Trinajstić information content (AvgIpc) is 2.84. The molecule has 0 spiro atoms. The van der Waals surface area contributed by atoms with Gasteiger partial charge in [0, 0.05) is 6.04 Å². The monoisotopic (exact) mass is 308 g/mol.